The van der Waals surface area contributed by atoms with Gasteiger partial charge in [0.15, 0.2) is 0 Å². The minimum atomic E-state index is -0.213. The van der Waals surface area contributed by atoms with E-state index in [1.165, 1.54) is 16.2 Å². The summed E-state index contributed by atoms with van der Waals surface area (Å²) in [5.74, 6) is 0.605. The molecule has 0 unspecified atom stereocenters. The normalized spacial score (nSPS) is 18.4. The molecule has 0 bridgehead atoms. The molecular formula is C26H31N3O3S. The number of ether oxygens (including phenoxy) is 1. The van der Waals surface area contributed by atoms with Gasteiger partial charge in [0.05, 0.1) is 18.2 Å². The fraction of sp³-hybridized carbons (Fsp3) is 0.385. The number of unbranched alkanes of at least 4 members (excludes halogenated alkanes) is 1. The van der Waals surface area contributed by atoms with E-state index in [0.717, 1.165) is 62.1 Å². The van der Waals surface area contributed by atoms with Gasteiger partial charge in [-0.2, -0.15) is 0 Å². The molecule has 2 amide bonds. The van der Waals surface area contributed by atoms with E-state index in [0.29, 0.717) is 18.2 Å². The molecule has 0 spiro atoms. The second-order valence-corrected chi connectivity index (χ2v) is 9.41. The summed E-state index contributed by atoms with van der Waals surface area (Å²) in [5.41, 5.74) is 3.41. The number of imide groups is 1. The lowest BCUT2D eigenvalue weighted by Crippen LogP contribution is -2.51. The Labute approximate surface area is 200 Å². The number of hydrogen-bond donors (Lipinski definition) is 0. The second kappa shape index (κ2) is 10.9. The van der Waals surface area contributed by atoms with Crippen molar-refractivity contribution in [2.45, 2.75) is 26.7 Å². The largest absolute Gasteiger partial charge is 0.494 e. The fourth-order valence-corrected chi connectivity index (χ4v) is 4.85. The smallest absolute Gasteiger partial charge is 0.294 e. The molecule has 2 fully saturated rings. The van der Waals surface area contributed by atoms with Crippen molar-refractivity contribution < 1.29 is 14.3 Å². The Balaban J connectivity index is 1.33. The molecule has 33 heavy (non-hydrogen) atoms. The molecule has 2 aliphatic rings. The van der Waals surface area contributed by atoms with E-state index < -0.39 is 0 Å². The van der Waals surface area contributed by atoms with Crippen LogP contribution in [0, 0.1) is 6.92 Å². The van der Waals surface area contributed by atoms with Crippen molar-refractivity contribution in [1.82, 2.24) is 9.80 Å². The Bertz CT molecular complexity index is 1010. The molecule has 0 aromatic heterocycles. The first kappa shape index (κ1) is 23.4. The quantitative estimate of drug-likeness (QED) is 0.404. The van der Waals surface area contributed by atoms with Crippen LogP contribution in [0.5, 0.6) is 5.75 Å². The third-order valence-corrected chi connectivity index (χ3v) is 6.90. The number of para-hydroxylation sites is 1. The summed E-state index contributed by atoms with van der Waals surface area (Å²) in [4.78, 5) is 31.9. The van der Waals surface area contributed by atoms with Gasteiger partial charge in [0.1, 0.15) is 5.75 Å². The summed E-state index contributed by atoms with van der Waals surface area (Å²) in [7, 11) is 0. The number of benzene rings is 2. The van der Waals surface area contributed by atoms with Gasteiger partial charge in [-0.25, -0.2) is 0 Å². The molecule has 0 radical (unpaired) electrons. The summed E-state index contributed by atoms with van der Waals surface area (Å²) in [6.07, 6.45) is 3.91. The third-order valence-electron chi connectivity index (χ3n) is 5.99. The summed E-state index contributed by atoms with van der Waals surface area (Å²) >= 11 is 1.02. The number of rotatable bonds is 8. The SMILES string of the molecule is CCCCOc1ccc(C=C2SC(=O)N(CN3CCN(c4ccccc4C)CC3)C2=O)cc1. The predicted octanol–water partition coefficient (Wildman–Crippen LogP) is 4.99. The molecule has 2 saturated heterocycles. The second-order valence-electron chi connectivity index (χ2n) is 8.41. The summed E-state index contributed by atoms with van der Waals surface area (Å²) in [6, 6.07) is 16.0. The van der Waals surface area contributed by atoms with E-state index >= 15 is 0 Å². The average Bonchev–Trinajstić information content (AvgIpc) is 3.08. The third kappa shape index (κ3) is 5.78. The van der Waals surface area contributed by atoms with Crippen molar-refractivity contribution in [3.8, 4) is 5.75 Å². The Morgan fingerprint density at radius 3 is 2.42 bits per heavy atom. The van der Waals surface area contributed by atoms with Crippen LogP contribution in [-0.2, 0) is 4.79 Å². The van der Waals surface area contributed by atoms with Gasteiger partial charge in [0, 0.05) is 31.9 Å². The highest BCUT2D eigenvalue weighted by Crippen LogP contribution is 2.33. The van der Waals surface area contributed by atoms with Crippen LogP contribution in [0.25, 0.3) is 6.08 Å². The number of carbonyl (C=O) groups is 2. The first-order valence-electron chi connectivity index (χ1n) is 11.6. The fourth-order valence-electron chi connectivity index (χ4n) is 4.02. The molecular weight excluding hydrogens is 434 g/mol. The maximum absolute atomic E-state index is 12.9. The molecule has 2 aromatic rings. The number of anilines is 1. The lowest BCUT2D eigenvalue weighted by atomic mass is 10.1. The highest BCUT2D eigenvalue weighted by Gasteiger charge is 2.36. The first-order valence-corrected chi connectivity index (χ1v) is 12.4. The number of piperazine rings is 1. The van der Waals surface area contributed by atoms with Crippen molar-refractivity contribution in [3.05, 3.63) is 64.6 Å². The van der Waals surface area contributed by atoms with E-state index in [-0.39, 0.29) is 11.1 Å². The molecule has 6 nitrogen and oxygen atoms in total. The van der Waals surface area contributed by atoms with Crippen LogP contribution < -0.4 is 9.64 Å². The first-order chi connectivity index (χ1) is 16.0. The monoisotopic (exact) mass is 465 g/mol. The zero-order chi connectivity index (χ0) is 23.2. The highest BCUT2D eigenvalue weighted by atomic mass is 32.2. The Morgan fingerprint density at radius 2 is 1.73 bits per heavy atom. The van der Waals surface area contributed by atoms with Gasteiger partial charge >= 0.3 is 0 Å². The van der Waals surface area contributed by atoms with Gasteiger partial charge in [0.25, 0.3) is 11.1 Å². The van der Waals surface area contributed by atoms with Gasteiger partial charge < -0.3 is 9.64 Å². The summed E-state index contributed by atoms with van der Waals surface area (Å²) < 4.78 is 5.69. The van der Waals surface area contributed by atoms with E-state index in [4.69, 9.17) is 4.74 Å². The molecule has 0 aliphatic carbocycles. The number of thioether (sulfide) groups is 1. The Morgan fingerprint density at radius 1 is 1.00 bits per heavy atom. The summed E-state index contributed by atoms with van der Waals surface area (Å²) in [6.45, 7) is 8.69. The molecule has 0 N–H and O–H groups in total. The van der Waals surface area contributed by atoms with Gasteiger partial charge in [-0.15, -0.1) is 0 Å². The van der Waals surface area contributed by atoms with Gasteiger partial charge in [-0.3, -0.25) is 19.4 Å². The van der Waals surface area contributed by atoms with E-state index in [9.17, 15) is 9.59 Å². The van der Waals surface area contributed by atoms with Gasteiger partial charge in [0.2, 0.25) is 0 Å². The topological polar surface area (TPSA) is 53.1 Å². The maximum atomic E-state index is 12.9. The van der Waals surface area contributed by atoms with Crippen LogP contribution in [0.4, 0.5) is 10.5 Å². The standard InChI is InChI=1S/C26H31N3O3S/c1-3-4-17-32-22-11-9-21(10-12-22)18-24-25(30)29(26(31)33-24)19-27-13-15-28(16-14-27)23-8-6-5-7-20(23)2/h5-12,18H,3-4,13-17,19H2,1-2H3. The molecule has 2 aromatic carbocycles. The van der Waals surface area contributed by atoms with Crippen LogP contribution in [0.2, 0.25) is 0 Å². The number of aryl methyl sites for hydroxylation is 1. The minimum absolute atomic E-state index is 0.202. The molecule has 2 aliphatic heterocycles. The molecule has 7 heteroatoms. The van der Waals surface area contributed by atoms with Crippen molar-refractivity contribution in [2.24, 2.45) is 0 Å². The predicted molar refractivity (Wildman–Crippen MR) is 134 cm³/mol. The van der Waals surface area contributed by atoms with E-state index in [1.54, 1.807) is 6.08 Å². The van der Waals surface area contributed by atoms with E-state index in [1.807, 2.05) is 24.3 Å². The van der Waals surface area contributed by atoms with Crippen LogP contribution in [0.15, 0.2) is 53.4 Å². The van der Waals surface area contributed by atoms with E-state index in [2.05, 4.69) is 47.9 Å². The van der Waals surface area contributed by atoms with Crippen LogP contribution in [0.1, 0.15) is 30.9 Å². The Kier molecular flexibility index (Phi) is 7.73. The lowest BCUT2D eigenvalue weighted by molar-refractivity contribution is -0.124. The van der Waals surface area contributed by atoms with Crippen molar-refractivity contribution >= 4 is 34.7 Å². The average molecular weight is 466 g/mol. The number of hydrogen-bond acceptors (Lipinski definition) is 6. The molecule has 0 atom stereocenters. The minimum Gasteiger partial charge on any atom is -0.494 e. The number of nitrogens with zero attached hydrogens (tertiary/aromatic N) is 3. The molecule has 4 rings (SSSR count). The van der Waals surface area contributed by atoms with Crippen molar-refractivity contribution in [1.29, 1.82) is 0 Å². The van der Waals surface area contributed by atoms with Gasteiger partial charge in [-0.1, -0.05) is 43.7 Å². The number of amides is 2. The van der Waals surface area contributed by atoms with Crippen molar-refractivity contribution in [3.63, 3.8) is 0 Å². The van der Waals surface area contributed by atoms with Gasteiger partial charge in [-0.05, 0) is 60.5 Å². The lowest BCUT2D eigenvalue weighted by Gasteiger charge is -2.37. The maximum Gasteiger partial charge on any atom is 0.294 e. The molecule has 2 heterocycles. The van der Waals surface area contributed by atoms with Crippen LogP contribution >= 0.6 is 11.8 Å². The van der Waals surface area contributed by atoms with Crippen LogP contribution in [-0.4, -0.2) is 60.4 Å². The molecule has 174 valence electrons. The van der Waals surface area contributed by atoms with Crippen LogP contribution in [0.3, 0.4) is 0 Å². The molecule has 0 saturated carbocycles. The zero-order valence-electron chi connectivity index (χ0n) is 19.3. The summed E-state index contributed by atoms with van der Waals surface area (Å²) in [5, 5.41) is -0.202. The Hall–Kier alpha value is -2.77. The highest BCUT2D eigenvalue weighted by molar-refractivity contribution is 8.18. The van der Waals surface area contributed by atoms with Crippen molar-refractivity contribution in [2.75, 3.05) is 44.4 Å². The number of carbonyl (C=O) groups excluding carboxylic acids is 2. The zero-order valence-corrected chi connectivity index (χ0v) is 20.1.